The molecule has 0 heterocycles. The van der Waals surface area contributed by atoms with Crippen LogP contribution in [0.15, 0.2) is 97.1 Å². The number of hydrogen-bond acceptors (Lipinski definition) is 2. The molecule has 0 saturated carbocycles. The second-order valence-corrected chi connectivity index (χ2v) is 40.5. The van der Waals surface area contributed by atoms with Crippen molar-refractivity contribution in [2.45, 2.75) is 208 Å². The Morgan fingerprint density at radius 3 is 0.870 bits per heavy atom. The van der Waals surface area contributed by atoms with Crippen molar-refractivity contribution in [2.75, 3.05) is 10.9 Å². The monoisotopic (exact) mass is 1180 g/mol. The Balaban J connectivity index is 0.00000640. The Morgan fingerprint density at radius 1 is 0.364 bits per heavy atom. The van der Waals surface area contributed by atoms with E-state index in [9.17, 15) is 10.2 Å². The van der Waals surface area contributed by atoms with Gasteiger partial charge >= 0.3 is 461 Å². The van der Waals surface area contributed by atoms with Gasteiger partial charge in [-0.15, -0.1) is 0 Å². The molecule has 0 spiro atoms. The van der Waals surface area contributed by atoms with Crippen molar-refractivity contribution >= 4 is 13.3 Å². The van der Waals surface area contributed by atoms with Crippen LogP contribution in [-0.2, 0) is 58.7 Å². The molecular weight excluding hydrogens is 1080 g/mol. The zero-order chi connectivity index (χ0) is 56.3. The van der Waals surface area contributed by atoms with Crippen molar-refractivity contribution in [2.24, 2.45) is 0 Å². The smallest absolute Gasteiger partial charge is 0 e. The van der Waals surface area contributed by atoms with E-state index in [4.69, 9.17) is 9.47 Å². The number of phenolic OH excluding ortho intramolecular Hbond substituents is 2. The number of phenols is 2. The predicted octanol–water partition coefficient (Wildman–Crippen LogP) is 20.1. The molecule has 0 atom stereocenters. The van der Waals surface area contributed by atoms with Crippen LogP contribution in [0.5, 0.6) is 23.0 Å². The van der Waals surface area contributed by atoms with Gasteiger partial charge in [-0.05, 0) is 0 Å². The van der Waals surface area contributed by atoms with E-state index in [-0.39, 0.29) is 77.6 Å². The summed E-state index contributed by atoms with van der Waals surface area (Å²) in [6, 6.07) is 35.8. The van der Waals surface area contributed by atoms with E-state index in [0.717, 1.165) is 78.0 Å². The predicted molar refractivity (Wildman–Crippen MR) is 335 cm³/mol. The Labute approximate surface area is 491 Å². The number of aryl methyl sites for hydroxylation is 2. The molecule has 6 rings (SSSR count). The van der Waals surface area contributed by atoms with Crippen molar-refractivity contribution < 1.29 is 45.9 Å². The standard InChI is InChI=1S/C70H96GeO4.CH3.Zr/c1-43(2)71(44(3)4,41-74-61-27-25-49(65(7,8)9)39-57(61)59-31-45(5)29-55(63(59)72)47-33-51(67(13,14)15)37-52(34-47)68(16,17)18)42-75-62-28-26-50(66(10,11)12)40-58(62)60-32-46(6)30-56(64(60)73)48-35-53(69(19,20)21)38-54(36-48)70(22,23)24;;/h25-40,43-44,72-73H,41-42H2,1-24H3;1H3;/q;-1;/p+2. The molecule has 0 radical (unpaired) electrons. The number of ether oxygens (including phenoxy) is 2. The summed E-state index contributed by atoms with van der Waals surface area (Å²) in [7, 11) is 0. The van der Waals surface area contributed by atoms with E-state index in [0.29, 0.717) is 9.50 Å². The van der Waals surface area contributed by atoms with E-state index in [2.05, 4.69) is 263 Å². The number of rotatable bonds is 12. The Morgan fingerprint density at radius 2 is 0.623 bits per heavy atom. The molecular formula is C71H101GeO4Zr+. The SMILES string of the molecule is Cc1cc(-c2cc(C(C)(C)C)cc(C(C)(C)C)c2)c(O)c(-c2cc(C(C)(C)C)ccc2[OH+][CH2][Ge]([CH2][OH+]c2ccc(C(C)(C)C)cc2-c2cc(C)cc(-c3cc(C(C)(C)C)cc(C(C)(C)C)c3)c2O)([CH](C)C)[CH](C)C)c1.[CH3-].[Zr]. The fourth-order valence-corrected chi connectivity index (χ4v) is 18.4. The van der Waals surface area contributed by atoms with Crippen molar-refractivity contribution in [3.8, 4) is 67.5 Å². The molecule has 0 saturated heterocycles. The third kappa shape index (κ3) is 14.9. The molecule has 4 N–H and O–H groups in total. The molecule has 0 bridgehead atoms. The fraction of sp³-hybridized carbons (Fsp3) is 0.479. The molecule has 0 aliphatic rings. The number of benzene rings is 6. The van der Waals surface area contributed by atoms with Gasteiger partial charge in [-0.25, -0.2) is 0 Å². The molecule has 6 aromatic carbocycles. The van der Waals surface area contributed by atoms with Gasteiger partial charge in [0.15, 0.2) is 0 Å². The van der Waals surface area contributed by atoms with E-state index < -0.39 is 13.3 Å². The molecule has 77 heavy (non-hydrogen) atoms. The number of hydrogen-bond donors (Lipinski definition) is 2. The van der Waals surface area contributed by atoms with Crippen LogP contribution >= 0.6 is 0 Å². The van der Waals surface area contributed by atoms with Gasteiger partial charge in [0.25, 0.3) is 0 Å². The van der Waals surface area contributed by atoms with Crippen LogP contribution in [0.2, 0.25) is 9.50 Å². The summed E-state index contributed by atoms with van der Waals surface area (Å²) >= 11 is -3.11. The molecule has 0 aliphatic heterocycles. The molecule has 0 aliphatic carbocycles. The second kappa shape index (κ2) is 23.6. The zero-order valence-electron chi connectivity index (χ0n) is 52.6. The maximum atomic E-state index is 12.7. The van der Waals surface area contributed by atoms with Crippen LogP contribution in [0.3, 0.4) is 0 Å². The average molecular weight is 1180 g/mol. The van der Waals surface area contributed by atoms with E-state index in [1.54, 1.807) is 0 Å². The minimum Gasteiger partial charge on any atom is -0.358 e. The van der Waals surface area contributed by atoms with Crippen LogP contribution in [0.4, 0.5) is 0 Å². The first kappa shape index (κ1) is 65.5. The summed E-state index contributed by atoms with van der Waals surface area (Å²) in [5.41, 5.74) is 17.8. The molecule has 4 nitrogen and oxygen atoms in total. The maximum absolute atomic E-state index is 12.7. The van der Waals surface area contributed by atoms with Gasteiger partial charge in [-0.1, -0.05) is 0 Å². The van der Waals surface area contributed by atoms with Gasteiger partial charge in [0.2, 0.25) is 0 Å². The first-order chi connectivity index (χ1) is 34.2. The van der Waals surface area contributed by atoms with Gasteiger partial charge < -0.3 is 7.43 Å². The molecule has 416 valence electrons. The fourth-order valence-electron chi connectivity index (χ4n) is 10.3. The average Bonchev–Trinajstić information content (AvgIpc) is 3.28. The van der Waals surface area contributed by atoms with E-state index in [1.165, 1.54) is 33.4 Å². The van der Waals surface area contributed by atoms with Crippen molar-refractivity contribution in [3.05, 3.63) is 149 Å². The Hall–Kier alpha value is -4.05. The maximum Gasteiger partial charge on any atom is 0 e. The molecule has 0 unspecified atom stereocenters. The van der Waals surface area contributed by atoms with Crippen molar-refractivity contribution in [1.29, 1.82) is 0 Å². The van der Waals surface area contributed by atoms with Gasteiger partial charge in [-0.3, -0.25) is 0 Å². The molecule has 6 heteroatoms. The largest absolute Gasteiger partial charge is 0.358 e. The van der Waals surface area contributed by atoms with Crippen molar-refractivity contribution in [3.63, 3.8) is 0 Å². The normalized spacial score (nSPS) is 12.9. The summed E-state index contributed by atoms with van der Waals surface area (Å²) in [5, 5.41) is 25.3. The van der Waals surface area contributed by atoms with Gasteiger partial charge in [-0.2, -0.15) is 0 Å². The summed E-state index contributed by atoms with van der Waals surface area (Å²) < 4.78 is 12.2. The molecule has 0 aromatic heterocycles. The van der Waals surface area contributed by atoms with Gasteiger partial charge in [0.05, 0.1) is 0 Å². The minimum absolute atomic E-state index is 0. The Kier molecular flexibility index (Phi) is 20.0. The summed E-state index contributed by atoms with van der Waals surface area (Å²) in [6.45, 7) is 54.5. The van der Waals surface area contributed by atoms with E-state index in [1.807, 2.05) is 0 Å². The Bertz CT molecular complexity index is 2770. The molecule has 0 amide bonds. The third-order valence-electron chi connectivity index (χ3n) is 16.2. The second-order valence-electron chi connectivity index (χ2n) is 29.2. The molecule has 6 aromatic rings. The van der Waals surface area contributed by atoms with Crippen molar-refractivity contribution in [1.82, 2.24) is 0 Å². The topological polar surface area (TPSA) is 66.1 Å². The first-order valence-electron chi connectivity index (χ1n) is 27.9. The molecule has 0 fully saturated rings. The number of aliphatic hydroxyl groups is 2. The van der Waals surface area contributed by atoms with Crippen LogP contribution in [-0.4, -0.2) is 43.8 Å². The van der Waals surface area contributed by atoms with Crippen LogP contribution < -0.4 is 0 Å². The number of aromatic hydroxyl groups is 4. The van der Waals surface area contributed by atoms with E-state index >= 15 is 0 Å². The summed E-state index contributed by atoms with van der Waals surface area (Å²) in [6.07, 6.45) is 0. The first-order valence-corrected chi connectivity index (χ1v) is 33.3. The van der Waals surface area contributed by atoms with Gasteiger partial charge in [0, 0.05) is 26.2 Å². The minimum atomic E-state index is -3.11. The quantitative estimate of drug-likeness (QED) is 0.0728. The third-order valence-corrected chi connectivity index (χ3v) is 28.9. The van der Waals surface area contributed by atoms with Crippen LogP contribution in [0, 0.1) is 21.3 Å². The summed E-state index contributed by atoms with van der Waals surface area (Å²) in [4.78, 5) is 0. The van der Waals surface area contributed by atoms with Crippen LogP contribution in [0.25, 0.3) is 44.5 Å². The van der Waals surface area contributed by atoms with Gasteiger partial charge in [0.1, 0.15) is 0 Å². The zero-order valence-corrected chi connectivity index (χ0v) is 57.2. The van der Waals surface area contributed by atoms with Crippen LogP contribution in [0.1, 0.15) is 197 Å². The summed E-state index contributed by atoms with van der Waals surface area (Å²) in [5.74, 6) is 2.38.